The molecule has 0 aliphatic carbocycles. The van der Waals surface area contributed by atoms with Crippen LogP contribution < -0.4 is 0 Å². The molecule has 0 fully saturated rings. The van der Waals surface area contributed by atoms with E-state index in [0.29, 0.717) is 0 Å². The molecule has 3 aromatic carbocycles. The fourth-order valence-electron chi connectivity index (χ4n) is 2.22. The van der Waals surface area contributed by atoms with E-state index in [4.69, 9.17) is 8.73 Å². The van der Waals surface area contributed by atoms with Gasteiger partial charge in [-0.1, -0.05) is 48.5 Å². The molecule has 3 aromatic rings. The number of benzene rings is 3. The number of hydrogen-bond acceptors (Lipinski definition) is 2. The fraction of sp³-hybridized carbons (Fsp3) is 0.0526. The Balaban J connectivity index is 2.27. The third-order valence-electron chi connectivity index (χ3n) is 3.36. The third-order valence-corrected chi connectivity index (χ3v) is 6.31. The highest BCUT2D eigenvalue weighted by atomic mass is 79.9. The first-order valence-corrected chi connectivity index (χ1v) is 10.0. The van der Waals surface area contributed by atoms with Gasteiger partial charge in [-0.2, -0.15) is 0 Å². The molecule has 23 heavy (non-hydrogen) atoms. The quantitative estimate of drug-likeness (QED) is 0.484. The van der Waals surface area contributed by atoms with E-state index in [2.05, 4.69) is 34.3 Å². The smallest absolute Gasteiger partial charge is 0.0859 e. The van der Waals surface area contributed by atoms with E-state index in [1.54, 1.807) is 0 Å². The van der Waals surface area contributed by atoms with Gasteiger partial charge in [0.15, 0.2) is 0 Å². The predicted octanol–water partition coefficient (Wildman–Crippen LogP) is 6.62. The molecule has 116 valence electrons. The Labute approximate surface area is 146 Å². The van der Waals surface area contributed by atoms with Crippen molar-refractivity contribution in [2.75, 3.05) is 6.26 Å². The van der Waals surface area contributed by atoms with E-state index >= 15 is 0 Å². The van der Waals surface area contributed by atoms with Gasteiger partial charge < -0.3 is 0 Å². The standard InChI is InChI=1S/C19H17BrN2S/c1-23(17-12-6-3-7-13-17,21-16-10-4-2-5-11-16)22-19-15-9-8-14-18(19)20/h2-15H,1H3. The lowest BCUT2D eigenvalue weighted by molar-refractivity contribution is 1.40. The van der Waals surface area contributed by atoms with E-state index < -0.39 is 9.62 Å². The number of nitrogens with zero attached hydrogens (tertiary/aromatic N) is 2. The number of rotatable bonds is 3. The average Bonchev–Trinajstić information content (AvgIpc) is 2.59. The lowest BCUT2D eigenvalue weighted by Crippen LogP contribution is -1.96. The van der Waals surface area contributed by atoms with E-state index in [1.165, 1.54) is 0 Å². The maximum absolute atomic E-state index is 5.03. The topological polar surface area (TPSA) is 24.7 Å². The zero-order valence-electron chi connectivity index (χ0n) is 12.8. The van der Waals surface area contributed by atoms with Crippen molar-refractivity contribution in [3.8, 4) is 0 Å². The Kier molecular flexibility index (Phi) is 4.94. The summed E-state index contributed by atoms with van der Waals surface area (Å²) < 4.78 is 11.0. The van der Waals surface area contributed by atoms with Crippen LogP contribution in [0, 0.1) is 0 Å². The second-order valence-electron chi connectivity index (χ2n) is 5.12. The van der Waals surface area contributed by atoms with Crippen molar-refractivity contribution in [3.05, 3.63) is 89.4 Å². The number of halogens is 1. The first-order chi connectivity index (χ1) is 11.2. The van der Waals surface area contributed by atoms with Crippen molar-refractivity contribution < 1.29 is 0 Å². The molecule has 3 rings (SSSR count). The van der Waals surface area contributed by atoms with Crippen molar-refractivity contribution >= 4 is 36.9 Å². The van der Waals surface area contributed by atoms with Crippen LogP contribution in [-0.4, -0.2) is 6.26 Å². The molecule has 0 aromatic heterocycles. The average molecular weight is 385 g/mol. The molecule has 0 spiro atoms. The van der Waals surface area contributed by atoms with Gasteiger partial charge in [-0.15, -0.1) is 0 Å². The molecule has 0 aliphatic heterocycles. The van der Waals surface area contributed by atoms with Gasteiger partial charge in [-0.25, -0.2) is 8.73 Å². The largest absolute Gasteiger partial charge is 0.213 e. The van der Waals surface area contributed by atoms with Crippen LogP contribution >= 0.6 is 15.9 Å². The molecule has 0 aliphatic rings. The minimum absolute atomic E-state index is 0.925. The summed E-state index contributed by atoms with van der Waals surface area (Å²) in [7, 11) is -1.73. The minimum Gasteiger partial charge on any atom is -0.213 e. The van der Waals surface area contributed by atoms with Crippen LogP contribution in [0.3, 0.4) is 0 Å². The lowest BCUT2D eigenvalue weighted by atomic mass is 10.3. The lowest BCUT2D eigenvalue weighted by Gasteiger charge is -2.12. The van der Waals surface area contributed by atoms with Crippen molar-refractivity contribution in [2.45, 2.75) is 4.90 Å². The van der Waals surface area contributed by atoms with Crippen molar-refractivity contribution in [2.24, 2.45) is 8.73 Å². The van der Waals surface area contributed by atoms with Crippen LogP contribution in [0.2, 0.25) is 0 Å². The third kappa shape index (κ3) is 3.89. The molecule has 0 heterocycles. The van der Waals surface area contributed by atoms with Gasteiger partial charge in [0.05, 0.1) is 11.4 Å². The molecule has 1 atom stereocenters. The highest BCUT2D eigenvalue weighted by molar-refractivity contribution is 9.10. The van der Waals surface area contributed by atoms with Gasteiger partial charge >= 0.3 is 0 Å². The van der Waals surface area contributed by atoms with Crippen LogP contribution in [0.1, 0.15) is 0 Å². The van der Waals surface area contributed by atoms with Crippen LogP contribution in [0.4, 0.5) is 11.4 Å². The van der Waals surface area contributed by atoms with Crippen LogP contribution in [0.5, 0.6) is 0 Å². The Morgan fingerprint density at radius 3 is 1.91 bits per heavy atom. The molecule has 0 N–H and O–H groups in total. The van der Waals surface area contributed by atoms with Gasteiger partial charge in [0, 0.05) is 15.6 Å². The zero-order chi connectivity index (χ0) is 16.1. The van der Waals surface area contributed by atoms with E-state index in [0.717, 1.165) is 20.7 Å². The SMILES string of the molecule is CS(=Nc1ccccc1)(=Nc1ccccc1Br)c1ccccc1. The van der Waals surface area contributed by atoms with E-state index in [9.17, 15) is 0 Å². The maximum atomic E-state index is 5.03. The van der Waals surface area contributed by atoms with E-state index in [-0.39, 0.29) is 0 Å². The Bertz CT molecular complexity index is 912. The molecule has 2 nitrogen and oxygen atoms in total. The molecule has 0 saturated heterocycles. The molecule has 0 bridgehead atoms. The van der Waals surface area contributed by atoms with Crippen LogP contribution in [0.15, 0.2) is 103 Å². The Morgan fingerprint density at radius 1 is 0.696 bits per heavy atom. The maximum Gasteiger partial charge on any atom is 0.0859 e. The normalized spacial score (nSPS) is 13.1. The summed E-state index contributed by atoms with van der Waals surface area (Å²) in [6.07, 6.45) is 2.12. The second kappa shape index (κ2) is 7.11. The monoisotopic (exact) mass is 384 g/mol. The molecule has 0 amide bonds. The summed E-state index contributed by atoms with van der Waals surface area (Å²) in [4.78, 5) is 1.14. The molecule has 4 heteroatoms. The van der Waals surface area contributed by atoms with Gasteiger partial charge in [0.25, 0.3) is 0 Å². The van der Waals surface area contributed by atoms with Gasteiger partial charge in [-0.05, 0) is 61.9 Å². The van der Waals surface area contributed by atoms with E-state index in [1.807, 2.05) is 72.8 Å². The number of hydrogen-bond donors (Lipinski definition) is 0. The first kappa shape index (κ1) is 16.0. The van der Waals surface area contributed by atoms with Crippen molar-refractivity contribution in [3.63, 3.8) is 0 Å². The first-order valence-electron chi connectivity index (χ1n) is 7.26. The fourth-order valence-corrected chi connectivity index (χ4v) is 4.71. The summed E-state index contributed by atoms with van der Waals surface area (Å²) in [5, 5.41) is 0. The highest BCUT2D eigenvalue weighted by Crippen LogP contribution is 2.30. The summed E-state index contributed by atoms with van der Waals surface area (Å²) >= 11 is 3.58. The molecule has 0 saturated carbocycles. The summed E-state index contributed by atoms with van der Waals surface area (Å²) in [6.45, 7) is 0. The van der Waals surface area contributed by atoms with Gasteiger partial charge in [0.1, 0.15) is 0 Å². The van der Waals surface area contributed by atoms with Crippen molar-refractivity contribution in [1.29, 1.82) is 0 Å². The highest BCUT2D eigenvalue weighted by Gasteiger charge is 2.07. The Hall–Kier alpha value is -1.91. The molecular weight excluding hydrogens is 368 g/mol. The zero-order valence-corrected chi connectivity index (χ0v) is 15.2. The van der Waals surface area contributed by atoms with Gasteiger partial charge in [0.2, 0.25) is 0 Å². The molecule has 0 radical (unpaired) electrons. The second-order valence-corrected chi connectivity index (χ2v) is 8.47. The molecule has 1 unspecified atom stereocenters. The Morgan fingerprint density at radius 2 is 1.26 bits per heavy atom. The predicted molar refractivity (Wildman–Crippen MR) is 103 cm³/mol. The summed E-state index contributed by atoms with van der Waals surface area (Å²) in [5.41, 5.74) is 1.87. The minimum atomic E-state index is -1.73. The summed E-state index contributed by atoms with van der Waals surface area (Å²) in [5.74, 6) is 0. The van der Waals surface area contributed by atoms with Crippen LogP contribution in [-0.2, 0) is 9.62 Å². The van der Waals surface area contributed by atoms with Gasteiger partial charge in [-0.3, -0.25) is 0 Å². The summed E-state index contributed by atoms with van der Waals surface area (Å²) in [6, 6.07) is 28.3. The molecular formula is C19H17BrN2S. The van der Waals surface area contributed by atoms with Crippen LogP contribution in [0.25, 0.3) is 0 Å². The van der Waals surface area contributed by atoms with Crippen molar-refractivity contribution in [1.82, 2.24) is 0 Å².